The summed E-state index contributed by atoms with van der Waals surface area (Å²) < 4.78 is 6.23. The molecule has 0 fully saturated rings. The normalized spacial score (nSPS) is 10.2. The number of hydrogen-bond acceptors (Lipinski definition) is 3. The fourth-order valence-electron chi connectivity index (χ4n) is 1.98. The van der Waals surface area contributed by atoms with E-state index in [2.05, 4.69) is 20.9 Å². The molecule has 1 aromatic heterocycles. The number of nitrogens with zero attached hydrogens (tertiary/aromatic N) is 2. The van der Waals surface area contributed by atoms with Crippen molar-refractivity contribution in [2.45, 2.75) is 13.5 Å². The molecule has 5 heteroatoms. The van der Waals surface area contributed by atoms with E-state index in [1.54, 1.807) is 30.1 Å². The van der Waals surface area contributed by atoms with Crippen molar-refractivity contribution in [1.29, 1.82) is 0 Å². The van der Waals surface area contributed by atoms with Gasteiger partial charge in [-0.05, 0) is 41.1 Å². The summed E-state index contributed by atoms with van der Waals surface area (Å²) in [6, 6.07) is 13.0. The Labute approximate surface area is 132 Å². The lowest BCUT2D eigenvalue weighted by molar-refractivity contribution is 0.0778. The van der Waals surface area contributed by atoms with Crippen LogP contribution in [0.25, 0.3) is 0 Å². The van der Waals surface area contributed by atoms with Crippen molar-refractivity contribution in [3.8, 4) is 5.75 Å². The van der Waals surface area contributed by atoms with Gasteiger partial charge in [-0.1, -0.05) is 24.3 Å². The fraction of sp³-hybridized carbons (Fsp3) is 0.250. The first-order valence-corrected chi connectivity index (χ1v) is 7.50. The smallest absolute Gasteiger partial charge is 0.272 e. The zero-order valence-corrected chi connectivity index (χ0v) is 13.6. The van der Waals surface area contributed by atoms with Crippen LogP contribution in [0.1, 0.15) is 23.0 Å². The monoisotopic (exact) mass is 348 g/mol. The number of pyridine rings is 1. The average Bonchev–Trinajstić information content (AvgIpc) is 2.48. The number of hydrogen-bond donors (Lipinski definition) is 0. The molecule has 0 N–H and O–H groups in total. The Morgan fingerprint density at radius 3 is 2.71 bits per heavy atom. The van der Waals surface area contributed by atoms with E-state index >= 15 is 0 Å². The van der Waals surface area contributed by atoms with Crippen LogP contribution in [0.5, 0.6) is 5.75 Å². The predicted octanol–water partition coefficient (Wildman–Crippen LogP) is 3.52. The molecular formula is C16H17BrN2O2. The lowest BCUT2D eigenvalue weighted by atomic mass is 10.2. The maximum atomic E-state index is 12.4. The van der Waals surface area contributed by atoms with Gasteiger partial charge in [-0.25, -0.2) is 4.98 Å². The standard InChI is InChI=1S/C16H17BrN2O2/c1-3-21-14-9-5-4-7-12(14)11-19(2)16(20)13-8-6-10-15(17)18-13/h4-10H,3,11H2,1-2H3. The quantitative estimate of drug-likeness (QED) is 0.776. The van der Waals surface area contributed by atoms with Crippen LogP contribution >= 0.6 is 15.9 Å². The summed E-state index contributed by atoms with van der Waals surface area (Å²) in [6.45, 7) is 3.02. The summed E-state index contributed by atoms with van der Waals surface area (Å²) in [5.41, 5.74) is 1.39. The molecule has 0 radical (unpaired) electrons. The molecule has 1 aromatic carbocycles. The van der Waals surface area contributed by atoms with E-state index in [4.69, 9.17) is 4.74 Å². The minimum absolute atomic E-state index is 0.123. The van der Waals surface area contributed by atoms with Crippen molar-refractivity contribution in [2.24, 2.45) is 0 Å². The summed E-state index contributed by atoms with van der Waals surface area (Å²) in [5, 5.41) is 0. The minimum Gasteiger partial charge on any atom is -0.494 e. The molecule has 0 aliphatic heterocycles. The molecule has 0 bridgehead atoms. The van der Waals surface area contributed by atoms with E-state index in [1.165, 1.54) is 0 Å². The van der Waals surface area contributed by atoms with Crippen molar-refractivity contribution in [3.63, 3.8) is 0 Å². The van der Waals surface area contributed by atoms with Crippen molar-refractivity contribution >= 4 is 21.8 Å². The number of amides is 1. The summed E-state index contributed by atoms with van der Waals surface area (Å²) in [4.78, 5) is 18.2. The number of halogens is 1. The van der Waals surface area contributed by atoms with E-state index in [9.17, 15) is 4.79 Å². The molecule has 110 valence electrons. The van der Waals surface area contributed by atoms with Crippen LogP contribution in [-0.2, 0) is 6.54 Å². The van der Waals surface area contributed by atoms with Gasteiger partial charge in [0.15, 0.2) is 0 Å². The van der Waals surface area contributed by atoms with Gasteiger partial charge in [0.05, 0.1) is 6.61 Å². The van der Waals surface area contributed by atoms with Gasteiger partial charge in [-0.3, -0.25) is 4.79 Å². The highest BCUT2D eigenvalue weighted by atomic mass is 79.9. The number of para-hydroxylation sites is 1. The van der Waals surface area contributed by atoms with Crippen LogP contribution in [0.4, 0.5) is 0 Å². The Bertz CT molecular complexity index is 631. The number of carbonyl (C=O) groups is 1. The first-order chi connectivity index (χ1) is 10.1. The molecule has 2 aromatic rings. The zero-order valence-electron chi connectivity index (χ0n) is 12.0. The fourth-order valence-corrected chi connectivity index (χ4v) is 2.32. The number of benzene rings is 1. The summed E-state index contributed by atoms with van der Waals surface area (Å²) in [7, 11) is 1.76. The molecule has 4 nitrogen and oxygen atoms in total. The molecule has 21 heavy (non-hydrogen) atoms. The highest BCUT2D eigenvalue weighted by Gasteiger charge is 2.15. The van der Waals surface area contributed by atoms with Crippen molar-refractivity contribution in [3.05, 3.63) is 58.3 Å². The molecule has 0 saturated carbocycles. The molecule has 0 saturated heterocycles. The first kappa shape index (κ1) is 15.5. The van der Waals surface area contributed by atoms with Crippen LogP contribution in [0, 0.1) is 0 Å². The molecule has 1 heterocycles. The topological polar surface area (TPSA) is 42.4 Å². The van der Waals surface area contributed by atoms with Crippen molar-refractivity contribution < 1.29 is 9.53 Å². The van der Waals surface area contributed by atoms with Crippen LogP contribution in [0.2, 0.25) is 0 Å². The van der Waals surface area contributed by atoms with Crippen molar-refractivity contribution in [1.82, 2.24) is 9.88 Å². The van der Waals surface area contributed by atoms with Gasteiger partial charge in [0.25, 0.3) is 5.91 Å². The van der Waals surface area contributed by atoms with E-state index in [1.807, 2.05) is 31.2 Å². The van der Waals surface area contributed by atoms with Gasteiger partial charge >= 0.3 is 0 Å². The highest BCUT2D eigenvalue weighted by molar-refractivity contribution is 9.10. The Kier molecular flexibility index (Phi) is 5.33. The van der Waals surface area contributed by atoms with Crippen LogP contribution in [-0.4, -0.2) is 29.4 Å². The molecule has 0 unspecified atom stereocenters. The number of ether oxygens (including phenoxy) is 1. The lowest BCUT2D eigenvalue weighted by Gasteiger charge is -2.19. The Balaban J connectivity index is 2.14. The number of carbonyl (C=O) groups excluding carboxylic acids is 1. The molecule has 0 spiro atoms. The lowest BCUT2D eigenvalue weighted by Crippen LogP contribution is -2.27. The number of aromatic nitrogens is 1. The second kappa shape index (κ2) is 7.22. The molecule has 2 rings (SSSR count). The second-order valence-electron chi connectivity index (χ2n) is 4.55. The first-order valence-electron chi connectivity index (χ1n) is 6.70. The average molecular weight is 349 g/mol. The van der Waals surface area contributed by atoms with Gasteiger partial charge in [0.1, 0.15) is 16.0 Å². The number of rotatable bonds is 5. The zero-order chi connectivity index (χ0) is 15.2. The van der Waals surface area contributed by atoms with Gasteiger partial charge in [-0.2, -0.15) is 0 Å². The Morgan fingerprint density at radius 2 is 2.00 bits per heavy atom. The van der Waals surface area contributed by atoms with Crippen LogP contribution in [0.3, 0.4) is 0 Å². The van der Waals surface area contributed by atoms with E-state index in [0.717, 1.165) is 11.3 Å². The summed E-state index contributed by atoms with van der Waals surface area (Å²) in [5.74, 6) is 0.685. The van der Waals surface area contributed by atoms with E-state index < -0.39 is 0 Å². The summed E-state index contributed by atoms with van der Waals surface area (Å²) >= 11 is 3.28. The molecule has 0 aliphatic rings. The molecular weight excluding hydrogens is 332 g/mol. The highest BCUT2D eigenvalue weighted by Crippen LogP contribution is 2.20. The molecule has 0 aliphatic carbocycles. The SMILES string of the molecule is CCOc1ccccc1CN(C)C(=O)c1cccc(Br)n1. The third kappa shape index (κ3) is 4.04. The largest absolute Gasteiger partial charge is 0.494 e. The maximum absolute atomic E-state index is 12.4. The third-order valence-corrected chi connectivity index (χ3v) is 3.40. The van der Waals surface area contributed by atoms with Gasteiger partial charge in [0, 0.05) is 19.2 Å². The van der Waals surface area contributed by atoms with Crippen LogP contribution < -0.4 is 4.74 Å². The molecule has 1 amide bonds. The minimum atomic E-state index is -0.123. The second-order valence-corrected chi connectivity index (χ2v) is 5.36. The Morgan fingerprint density at radius 1 is 1.24 bits per heavy atom. The van der Waals surface area contributed by atoms with Crippen molar-refractivity contribution in [2.75, 3.05) is 13.7 Å². The van der Waals surface area contributed by atoms with E-state index in [-0.39, 0.29) is 5.91 Å². The van der Waals surface area contributed by atoms with Gasteiger partial charge in [0.2, 0.25) is 0 Å². The van der Waals surface area contributed by atoms with Gasteiger partial charge < -0.3 is 9.64 Å². The van der Waals surface area contributed by atoms with Crippen LogP contribution in [0.15, 0.2) is 47.1 Å². The summed E-state index contributed by atoms with van der Waals surface area (Å²) in [6.07, 6.45) is 0. The van der Waals surface area contributed by atoms with E-state index in [0.29, 0.717) is 23.4 Å². The maximum Gasteiger partial charge on any atom is 0.272 e. The van der Waals surface area contributed by atoms with Gasteiger partial charge in [-0.15, -0.1) is 0 Å². The Hall–Kier alpha value is -1.88. The third-order valence-electron chi connectivity index (χ3n) is 2.96. The predicted molar refractivity (Wildman–Crippen MR) is 85.3 cm³/mol. The molecule has 0 atom stereocenters.